The average Bonchev–Trinajstić information content (AvgIpc) is 2.43. The molecule has 0 bridgehead atoms. The summed E-state index contributed by atoms with van der Waals surface area (Å²) in [5, 5.41) is 5.63. The number of aromatic nitrogens is 1. The molecule has 0 spiro atoms. The van der Waals surface area contributed by atoms with Crippen LogP contribution in [0.25, 0.3) is 0 Å². The number of rotatable bonds is 4. The van der Waals surface area contributed by atoms with Crippen LogP contribution in [-0.4, -0.2) is 28.9 Å². The molecule has 102 valence electrons. The second-order valence-corrected chi connectivity index (χ2v) is 4.99. The highest BCUT2D eigenvalue weighted by Gasteiger charge is 2.35. The molecule has 5 nitrogen and oxygen atoms in total. The quantitative estimate of drug-likeness (QED) is 0.836. The summed E-state index contributed by atoms with van der Waals surface area (Å²) in [6.45, 7) is 3.97. The molecule has 0 saturated carbocycles. The van der Waals surface area contributed by atoms with E-state index in [2.05, 4.69) is 15.6 Å². The van der Waals surface area contributed by atoms with E-state index in [4.69, 9.17) is 0 Å². The molecule has 5 heteroatoms. The fourth-order valence-electron chi connectivity index (χ4n) is 2.18. The lowest BCUT2D eigenvalue weighted by molar-refractivity contribution is -0.138. The molecule has 1 unspecified atom stereocenters. The zero-order valence-corrected chi connectivity index (χ0v) is 11.2. The standard InChI is InChI=1S/C14H19N3O2/c1-3-9(2)12-14(19)16-11(13(18)17-12)8-10-4-6-15-7-5-10/h4-7,9,11-12H,3,8H2,1-2H3,(H,16,19)(H,17,18)/t9-,11?,12-/m0/s1. The maximum Gasteiger partial charge on any atom is 0.243 e. The largest absolute Gasteiger partial charge is 0.342 e. The van der Waals surface area contributed by atoms with Crippen molar-refractivity contribution in [1.82, 2.24) is 15.6 Å². The Hall–Kier alpha value is -1.91. The first-order valence-corrected chi connectivity index (χ1v) is 6.61. The molecule has 1 saturated heterocycles. The van der Waals surface area contributed by atoms with Gasteiger partial charge in [-0.1, -0.05) is 20.3 Å². The highest BCUT2D eigenvalue weighted by atomic mass is 16.2. The Bertz CT molecular complexity index is 461. The third-order valence-electron chi connectivity index (χ3n) is 3.62. The fourth-order valence-corrected chi connectivity index (χ4v) is 2.18. The maximum atomic E-state index is 12.0. The predicted molar refractivity (Wildman–Crippen MR) is 71.3 cm³/mol. The molecule has 1 aromatic rings. The molecule has 3 atom stereocenters. The monoisotopic (exact) mass is 261 g/mol. The Morgan fingerprint density at radius 1 is 1.21 bits per heavy atom. The summed E-state index contributed by atoms with van der Waals surface area (Å²) in [5.41, 5.74) is 0.984. The van der Waals surface area contributed by atoms with Gasteiger partial charge in [-0.05, 0) is 23.6 Å². The second kappa shape index (κ2) is 5.82. The molecule has 1 aliphatic heterocycles. The zero-order chi connectivity index (χ0) is 13.8. The van der Waals surface area contributed by atoms with Crippen molar-refractivity contribution >= 4 is 11.8 Å². The minimum Gasteiger partial charge on any atom is -0.342 e. The van der Waals surface area contributed by atoms with E-state index in [0.29, 0.717) is 6.42 Å². The molecule has 1 aliphatic rings. The Morgan fingerprint density at radius 2 is 1.89 bits per heavy atom. The molecule has 2 N–H and O–H groups in total. The molecule has 19 heavy (non-hydrogen) atoms. The van der Waals surface area contributed by atoms with Crippen molar-refractivity contribution in [2.75, 3.05) is 0 Å². The molecular weight excluding hydrogens is 242 g/mol. The summed E-state index contributed by atoms with van der Waals surface area (Å²) < 4.78 is 0. The number of hydrogen-bond acceptors (Lipinski definition) is 3. The summed E-state index contributed by atoms with van der Waals surface area (Å²) in [6, 6.07) is 2.79. The Morgan fingerprint density at radius 3 is 2.53 bits per heavy atom. The van der Waals surface area contributed by atoms with Gasteiger partial charge >= 0.3 is 0 Å². The molecule has 0 aliphatic carbocycles. The lowest BCUT2D eigenvalue weighted by Crippen LogP contribution is -2.63. The number of amides is 2. The van der Waals surface area contributed by atoms with Crippen molar-refractivity contribution < 1.29 is 9.59 Å². The van der Waals surface area contributed by atoms with Crippen LogP contribution in [0.1, 0.15) is 25.8 Å². The summed E-state index contributed by atoms with van der Waals surface area (Å²) in [4.78, 5) is 28.0. The van der Waals surface area contributed by atoms with Crippen LogP contribution in [0.3, 0.4) is 0 Å². The van der Waals surface area contributed by atoms with Gasteiger partial charge in [-0.3, -0.25) is 14.6 Å². The van der Waals surface area contributed by atoms with Crippen molar-refractivity contribution in [1.29, 1.82) is 0 Å². The van der Waals surface area contributed by atoms with Gasteiger partial charge in [-0.15, -0.1) is 0 Å². The van der Waals surface area contributed by atoms with Crippen LogP contribution < -0.4 is 10.6 Å². The van der Waals surface area contributed by atoms with E-state index in [-0.39, 0.29) is 17.7 Å². The lowest BCUT2D eigenvalue weighted by Gasteiger charge is -2.32. The van der Waals surface area contributed by atoms with Crippen LogP contribution in [0.4, 0.5) is 0 Å². The van der Waals surface area contributed by atoms with E-state index in [1.54, 1.807) is 12.4 Å². The SMILES string of the molecule is CC[C@H](C)[C@@H]1NC(=O)C(Cc2ccncc2)NC1=O. The van der Waals surface area contributed by atoms with Crippen molar-refractivity contribution in [2.24, 2.45) is 5.92 Å². The van der Waals surface area contributed by atoms with Gasteiger partial charge in [-0.25, -0.2) is 0 Å². The van der Waals surface area contributed by atoms with Crippen LogP contribution in [0.2, 0.25) is 0 Å². The highest BCUT2D eigenvalue weighted by molar-refractivity contribution is 5.97. The van der Waals surface area contributed by atoms with Gasteiger partial charge in [0.15, 0.2) is 0 Å². The topological polar surface area (TPSA) is 71.1 Å². The Labute approximate surface area is 112 Å². The van der Waals surface area contributed by atoms with Gasteiger partial charge in [0, 0.05) is 18.8 Å². The number of nitrogens with one attached hydrogen (secondary N) is 2. The number of hydrogen-bond donors (Lipinski definition) is 2. The normalized spacial score (nSPS) is 24.5. The molecule has 2 amide bonds. The van der Waals surface area contributed by atoms with Crippen molar-refractivity contribution in [3.05, 3.63) is 30.1 Å². The van der Waals surface area contributed by atoms with Crippen LogP contribution in [0, 0.1) is 5.92 Å². The zero-order valence-electron chi connectivity index (χ0n) is 11.2. The maximum absolute atomic E-state index is 12.0. The van der Waals surface area contributed by atoms with Gasteiger partial charge in [0.25, 0.3) is 0 Å². The van der Waals surface area contributed by atoms with Crippen LogP contribution in [0.5, 0.6) is 0 Å². The average molecular weight is 261 g/mol. The van der Waals surface area contributed by atoms with Gasteiger partial charge in [-0.2, -0.15) is 0 Å². The fraction of sp³-hybridized carbons (Fsp3) is 0.500. The number of piperazine rings is 1. The Balaban J connectivity index is 2.03. The Kier molecular flexibility index (Phi) is 4.14. The van der Waals surface area contributed by atoms with E-state index in [9.17, 15) is 9.59 Å². The third-order valence-corrected chi connectivity index (χ3v) is 3.62. The van der Waals surface area contributed by atoms with Crippen LogP contribution in [-0.2, 0) is 16.0 Å². The van der Waals surface area contributed by atoms with Crippen molar-refractivity contribution in [3.8, 4) is 0 Å². The van der Waals surface area contributed by atoms with Gasteiger partial charge in [0.1, 0.15) is 12.1 Å². The number of carbonyl (C=O) groups excluding carboxylic acids is 2. The lowest BCUT2D eigenvalue weighted by atomic mass is 9.94. The number of pyridine rings is 1. The van der Waals surface area contributed by atoms with Crippen LogP contribution >= 0.6 is 0 Å². The smallest absolute Gasteiger partial charge is 0.243 e. The molecular formula is C14H19N3O2. The second-order valence-electron chi connectivity index (χ2n) is 4.99. The number of nitrogens with zero attached hydrogens (tertiary/aromatic N) is 1. The number of carbonyl (C=O) groups is 2. The summed E-state index contributed by atoms with van der Waals surface area (Å²) in [7, 11) is 0. The summed E-state index contributed by atoms with van der Waals surface area (Å²) >= 11 is 0. The molecule has 1 fully saturated rings. The van der Waals surface area contributed by atoms with Gasteiger partial charge in [0.2, 0.25) is 11.8 Å². The van der Waals surface area contributed by atoms with E-state index >= 15 is 0 Å². The molecule has 0 radical (unpaired) electrons. The van der Waals surface area contributed by atoms with Crippen molar-refractivity contribution in [2.45, 2.75) is 38.8 Å². The van der Waals surface area contributed by atoms with E-state index < -0.39 is 12.1 Å². The van der Waals surface area contributed by atoms with E-state index in [1.807, 2.05) is 26.0 Å². The van der Waals surface area contributed by atoms with Gasteiger partial charge in [0.05, 0.1) is 0 Å². The first kappa shape index (κ1) is 13.5. The minimum atomic E-state index is -0.491. The van der Waals surface area contributed by atoms with Crippen molar-refractivity contribution in [3.63, 3.8) is 0 Å². The first-order chi connectivity index (χ1) is 9.11. The predicted octanol–water partition coefficient (Wildman–Crippen LogP) is 0.653. The first-order valence-electron chi connectivity index (χ1n) is 6.61. The highest BCUT2D eigenvalue weighted by Crippen LogP contribution is 2.13. The minimum absolute atomic E-state index is 0.0898. The molecule has 1 aromatic heterocycles. The summed E-state index contributed by atoms with van der Waals surface area (Å²) in [5.74, 6) is -0.0551. The molecule has 0 aromatic carbocycles. The van der Waals surface area contributed by atoms with E-state index in [0.717, 1.165) is 12.0 Å². The third kappa shape index (κ3) is 3.10. The summed E-state index contributed by atoms with van der Waals surface area (Å²) in [6.07, 6.45) is 4.71. The molecule has 2 heterocycles. The van der Waals surface area contributed by atoms with Crippen LogP contribution in [0.15, 0.2) is 24.5 Å². The van der Waals surface area contributed by atoms with E-state index in [1.165, 1.54) is 0 Å². The molecule has 2 rings (SSSR count). The van der Waals surface area contributed by atoms with Gasteiger partial charge < -0.3 is 10.6 Å².